The quantitative estimate of drug-likeness (QED) is 0.790. The Morgan fingerprint density at radius 1 is 1.04 bits per heavy atom. The van der Waals surface area contributed by atoms with Crippen LogP contribution in [0.3, 0.4) is 0 Å². The van der Waals surface area contributed by atoms with Gasteiger partial charge in [-0.15, -0.1) is 0 Å². The molecule has 2 aromatic rings. The SMILES string of the molecule is COC(=O)[C@@H]1[C@H](c2ccccc2)c2cc(OC)c(OC)cc2CCN1C. The van der Waals surface area contributed by atoms with Gasteiger partial charge in [0.05, 0.1) is 21.3 Å². The number of hydrogen-bond acceptors (Lipinski definition) is 5. The minimum atomic E-state index is -0.401. The van der Waals surface area contributed by atoms with Gasteiger partial charge in [0.15, 0.2) is 11.5 Å². The lowest BCUT2D eigenvalue weighted by Gasteiger charge is -2.31. The molecular weight excluding hydrogens is 330 g/mol. The average molecular weight is 355 g/mol. The van der Waals surface area contributed by atoms with Gasteiger partial charge in [-0.05, 0) is 42.3 Å². The van der Waals surface area contributed by atoms with Gasteiger partial charge in [0, 0.05) is 12.5 Å². The van der Waals surface area contributed by atoms with Crippen LogP contribution in [0.2, 0.25) is 0 Å². The van der Waals surface area contributed by atoms with E-state index in [1.54, 1.807) is 14.2 Å². The number of ether oxygens (including phenoxy) is 3. The van der Waals surface area contributed by atoms with Gasteiger partial charge < -0.3 is 14.2 Å². The first kappa shape index (κ1) is 18.3. The fourth-order valence-corrected chi connectivity index (χ4v) is 3.76. The molecule has 0 N–H and O–H groups in total. The van der Waals surface area contributed by atoms with E-state index in [0.29, 0.717) is 11.5 Å². The van der Waals surface area contributed by atoms with E-state index in [4.69, 9.17) is 14.2 Å². The summed E-state index contributed by atoms with van der Waals surface area (Å²) in [6.07, 6.45) is 0.822. The first-order valence-corrected chi connectivity index (χ1v) is 8.68. The standard InChI is InChI=1S/C21H25NO4/c1-22-11-10-15-12-17(24-2)18(25-3)13-16(15)19(20(22)21(23)26-4)14-8-6-5-7-9-14/h5-9,12-13,19-20H,10-11H2,1-4H3/t19-,20+/m1/s1. The number of fused-ring (bicyclic) bond motifs is 1. The van der Waals surface area contributed by atoms with Crippen molar-refractivity contribution in [3.8, 4) is 11.5 Å². The average Bonchev–Trinajstić information content (AvgIpc) is 2.83. The number of nitrogens with zero attached hydrogens (tertiary/aromatic N) is 1. The van der Waals surface area contributed by atoms with Crippen molar-refractivity contribution in [3.63, 3.8) is 0 Å². The highest BCUT2D eigenvalue weighted by molar-refractivity contribution is 5.78. The van der Waals surface area contributed by atoms with Gasteiger partial charge in [0.2, 0.25) is 0 Å². The summed E-state index contributed by atoms with van der Waals surface area (Å²) in [4.78, 5) is 14.8. The molecule has 5 nitrogen and oxygen atoms in total. The first-order valence-electron chi connectivity index (χ1n) is 8.68. The Labute approximate surface area is 154 Å². The molecule has 0 fully saturated rings. The molecule has 0 spiro atoms. The molecule has 0 bridgehead atoms. The fraction of sp³-hybridized carbons (Fsp3) is 0.381. The molecule has 2 atom stereocenters. The van der Waals surface area contributed by atoms with Gasteiger partial charge in [0.25, 0.3) is 0 Å². The van der Waals surface area contributed by atoms with Crippen molar-refractivity contribution < 1.29 is 19.0 Å². The van der Waals surface area contributed by atoms with Gasteiger partial charge in [-0.3, -0.25) is 9.69 Å². The molecule has 0 saturated heterocycles. The molecule has 26 heavy (non-hydrogen) atoms. The van der Waals surface area contributed by atoms with Gasteiger partial charge in [0.1, 0.15) is 6.04 Å². The minimum Gasteiger partial charge on any atom is -0.493 e. The van der Waals surface area contributed by atoms with E-state index in [0.717, 1.165) is 29.7 Å². The number of carbonyl (C=O) groups is 1. The molecule has 3 rings (SSSR count). The largest absolute Gasteiger partial charge is 0.493 e. The van der Waals surface area contributed by atoms with Crippen LogP contribution in [0.5, 0.6) is 11.5 Å². The van der Waals surface area contributed by atoms with Crippen LogP contribution in [0.25, 0.3) is 0 Å². The Hall–Kier alpha value is -2.53. The highest BCUT2D eigenvalue weighted by Gasteiger charge is 2.38. The van der Waals surface area contributed by atoms with Crippen molar-refractivity contribution in [1.29, 1.82) is 0 Å². The third-order valence-electron chi connectivity index (χ3n) is 5.11. The second-order valence-electron chi connectivity index (χ2n) is 6.49. The predicted octanol–water partition coefficient (Wildman–Crippen LogP) is 2.87. The second kappa shape index (κ2) is 7.79. The molecule has 0 radical (unpaired) electrons. The zero-order chi connectivity index (χ0) is 18.7. The van der Waals surface area contributed by atoms with E-state index >= 15 is 0 Å². The lowest BCUT2D eigenvalue weighted by atomic mass is 9.82. The van der Waals surface area contributed by atoms with Crippen LogP contribution >= 0.6 is 0 Å². The second-order valence-corrected chi connectivity index (χ2v) is 6.49. The summed E-state index contributed by atoms with van der Waals surface area (Å²) >= 11 is 0. The number of hydrogen-bond donors (Lipinski definition) is 0. The maximum Gasteiger partial charge on any atom is 0.324 e. The summed E-state index contributed by atoms with van der Waals surface area (Å²) in [5.74, 6) is 0.993. The maximum absolute atomic E-state index is 12.7. The van der Waals surface area contributed by atoms with E-state index < -0.39 is 6.04 Å². The molecule has 2 aromatic carbocycles. The minimum absolute atomic E-state index is 0.147. The number of esters is 1. The Kier molecular flexibility index (Phi) is 5.47. The summed E-state index contributed by atoms with van der Waals surface area (Å²) in [5.41, 5.74) is 3.31. The molecule has 5 heteroatoms. The van der Waals surface area contributed by atoms with Crippen molar-refractivity contribution in [2.75, 3.05) is 34.9 Å². The van der Waals surface area contributed by atoms with Crippen molar-refractivity contribution in [2.45, 2.75) is 18.4 Å². The van der Waals surface area contributed by atoms with E-state index in [-0.39, 0.29) is 11.9 Å². The molecule has 1 heterocycles. The number of carbonyl (C=O) groups excluding carboxylic acids is 1. The van der Waals surface area contributed by atoms with Crippen LogP contribution in [0, 0.1) is 0 Å². The van der Waals surface area contributed by atoms with Crippen LogP contribution in [-0.2, 0) is 16.0 Å². The third-order valence-corrected chi connectivity index (χ3v) is 5.11. The van der Waals surface area contributed by atoms with Crippen molar-refractivity contribution in [1.82, 2.24) is 4.90 Å². The summed E-state index contributed by atoms with van der Waals surface area (Å²) in [6.45, 7) is 0.756. The van der Waals surface area contributed by atoms with Crippen LogP contribution in [0.4, 0.5) is 0 Å². The Morgan fingerprint density at radius 3 is 2.31 bits per heavy atom. The molecule has 0 saturated carbocycles. The smallest absolute Gasteiger partial charge is 0.324 e. The van der Waals surface area contributed by atoms with Gasteiger partial charge in [-0.25, -0.2) is 0 Å². The van der Waals surface area contributed by atoms with Gasteiger partial charge in [-0.1, -0.05) is 30.3 Å². The number of likely N-dealkylation sites (N-methyl/N-ethyl adjacent to an activating group) is 1. The zero-order valence-corrected chi connectivity index (χ0v) is 15.7. The summed E-state index contributed by atoms with van der Waals surface area (Å²) in [5, 5.41) is 0. The van der Waals surface area contributed by atoms with Crippen molar-refractivity contribution in [2.24, 2.45) is 0 Å². The van der Waals surface area contributed by atoms with E-state index in [2.05, 4.69) is 17.0 Å². The first-order chi connectivity index (χ1) is 12.6. The number of benzene rings is 2. The molecule has 1 aliphatic heterocycles. The number of rotatable bonds is 4. The van der Waals surface area contributed by atoms with E-state index in [9.17, 15) is 4.79 Å². The summed E-state index contributed by atoms with van der Waals surface area (Å²) < 4.78 is 16.1. The summed E-state index contributed by atoms with van der Waals surface area (Å²) in [6, 6.07) is 13.7. The van der Waals surface area contributed by atoms with Crippen LogP contribution < -0.4 is 9.47 Å². The molecule has 0 aliphatic carbocycles. The monoisotopic (exact) mass is 355 g/mol. The highest BCUT2D eigenvalue weighted by atomic mass is 16.5. The lowest BCUT2D eigenvalue weighted by Crippen LogP contribution is -2.43. The lowest BCUT2D eigenvalue weighted by molar-refractivity contribution is -0.146. The molecule has 138 valence electrons. The maximum atomic E-state index is 12.7. The Balaban J connectivity index is 2.24. The van der Waals surface area contributed by atoms with Crippen LogP contribution in [0.15, 0.2) is 42.5 Å². The fourth-order valence-electron chi connectivity index (χ4n) is 3.76. The van der Waals surface area contributed by atoms with E-state index in [1.807, 2.05) is 37.4 Å². The topological polar surface area (TPSA) is 48.0 Å². The Morgan fingerprint density at radius 2 is 1.69 bits per heavy atom. The zero-order valence-electron chi connectivity index (χ0n) is 15.7. The Bertz CT molecular complexity index is 775. The predicted molar refractivity (Wildman–Crippen MR) is 100.0 cm³/mol. The molecule has 0 unspecified atom stereocenters. The van der Waals surface area contributed by atoms with Crippen molar-refractivity contribution >= 4 is 5.97 Å². The van der Waals surface area contributed by atoms with Crippen LogP contribution in [0.1, 0.15) is 22.6 Å². The summed E-state index contributed by atoms with van der Waals surface area (Å²) in [7, 11) is 6.68. The van der Waals surface area contributed by atoms with E-state index in [1.165, 1.54) is 7.11 Å². The highest BCUT2D eigenvalue weighted by Crippen LogP contribution is 2.41. The van der Waals surface area contributed by atoms with Crippen LogP contribution in [-0.4, -0.2) is 51.8 Å². The van der Waals surface area contributed by atoms with Gasteiger partial charge >= 0.3 is 5.97 Å². The van der Waals surface area contributed by atoms with Gasteiger partial charge in [-0.2, -0.15) is 0 Å². The molecule has 0 amide bonds. The normalized spacial score (nSPS) is 20.0. The molecule has 0 aromatic heterocycles. The third kappa shape index (κ3) is 3.27. The molecular formula is C21H25NO4. The number of methoxy groups -OCH3 is 3. The van der Waals surface area contributed by atoms with Crippen molar-refractivity contribution in [3.05, 3.63) is 59.2 Å². The molecule has 1 aliphatic rings.